The lowest BCUT2D eigenvalue weighted by atomic mass is 9.96. The lowest BCUT2D eigenvalue weighted by molar-refractivity contribution is 0.158. The number of amides is 1. The van der Waals surface area contributed by atoms with Crippen LogP contribution in [0.1, 0.15) is 29.7 Å². The van der Waals surface area contributed by atoms with E-state index in [9.17, 15) is 10.1 Å². The number of hydrogen-bond acceptors (Lipinski definition) is 4. The van der Waals surface area contributed by atoms with Gasteiger partial charge in [0.05, 0.1) is 37.1 Å². The highest BCUT2D eigenvalue weighted by atomic mass is 16.6. The number of anilines is 1. The van der Waals surface area contributed by atoms with Crippen LogP contribution in [0, 0.1) is 11.3 Å². The van der Waals surface area contributed by atoms with E-state index in [1.54, 1.807) is 25.0 Å². The first-order valence-corrected chi connectivity index (χ1v) is 8.99. The van der Waals surface area contributed by atoms with Crippen molar-refractivity contribution in [3.05, 3.63) is 65.4 Å². The Kier molecular flexibility index (Phi) is 4.50. The number of nitriles is 1. The Hall–Kier alpha value is -3.72. The molecule has 0 spiro atoms. The van der Waals surface area contributed by atoms with Gasteiger partial charge in [-0.15, -0.1) is 0 Å². The molecule has 1 aliphatic heterocycles. The summed E-state index contributed by atoms with van der Waals surface area (Å²) in [6, 6.07) is 12.9. The van der Waals surface area contributed by atoms with Gasteiger partial charge in [-0.1, -0.05) is 12.2 Å². The third-order valence-electron chi connectivity index (χ3n) is 4.86. The largest absolute Gasteiger partial charge is 0.497 e. The maximum Gasteiger partial charge on any atom is 0.415 e. The van der Waals surface area contributed by atoms with Crippen LogP contribution in [0.2, 0.25) is 0 Å². The highest BCUT2D eigenvalue weighted by molar-refractivity contribution is 5.96. The van der Waals surface area contributed by atoms with Gasteiger partial charge in [0.25, 0.3) is 0 Å². The molecule has 0 saturated carbocycles. The van der Waals surface area contributed by atoms with Crippen molar-refractivity contribution >= 4 is 28.8 Å². The number of H-pyrrole nitrogens is 1. The SMILES string of the molecule is CCOC(=O)N1c2ccc(OC)cc2C=CC1c1c[nH]c2ccc(C#N)cc12. The minimum Gasteiger partial charge on any atom is -0.497 e. The molecule has 1 atom stereocenters. The molecule has 28 heavy (non-hydrogen) atoms. The number of aromatic nitrogens is 1. The molecule has 3 aromatic rings. The molecule has 1 aromatic heterocycles. The molecule has 1 N–H and O–H groups in total. The molecule has 0 bridgehead atoms. The summed E-state index contributed by atoms with van der Waals surface area (Å²) in [4.78, 5) is 17.7. The van der Waals surface area contributed by atoms with Gasteiger partial charge in [-0.3, -0.25) is 4.90 Å². The molecule has 0 saturated heterocycles. The first-order chi connectivity index (χ1) is 13.7. The zero-order chi connectivity index (χ0) is 19.7. The number of carbonyl (C=O) groups is 1. The Labute approximate surface area is 162 Å². The highest BCUT2D eigenvalue weighted by Gasteiger charge is 2.32. The van der Waals surface area contributed by atoms with Gasteiger partial charge in [-0.05, 0) is 43.3 Å². The molecule has 4 rings (SSSR count). The van der Waals surface area contributed by atoms with E-state index < -0.39 is 6.09 Å². The predicted molar refractivity (Wildman–Crippen MR) is 107 cm³/mol. The number of fused-ring (bicyclic) bond motifs is 2. The lowest BCUT2D eigenvalue weighted by Gasteiger charge is -2.33. The first kappa shape index (κ1) is 17.7. The van der Waals surface area contributed by atoms with E-state index in [2.05, 4.69) is 11.1 Å². The number of aromatic amines is 1. The van der Waals surface area contributed by atoms with Gasteiger partial charge in [-0.25, -0.2) is 4.79 Å². The normalized spacial score (nSPS) is 15.2. The summed E-state index contributed by atoms with van der Waals surface area (Å²) >= 11 is 0. The summed E-state index contributed by atoms with van der Waals surface area (Å²) in [5.74, 6) is 0.719. The average Bonchev–Trinajstić information content (AvgIpc) is 3.15. The fourth-order valence-electron chi connectivity index (χ4n) is 3.55. The number of nitrogens with one attached hydrogen (secondary N) is 1. The Balaban J connectivity index is 1.86. The van der Waals surface area contributed by atoms with Crippen LogP contribution in [0.4, 0.5) is 10.5 Å². The Morgan fingerprint density at radius 2 is 2.14 bits per heavy atom. The van der Waals surface area contributed by atoms with Gasteiger partial charge in [0.15, 0.2) is 0 Å². The maximum atomic E-state index is 12.9. The smallest absolute Gasteiger partial charge is 0.415 e. The monoisotopic (exact) mass is 373 g/mol. The molecule has 0 radical (unpaired) electrons. The van der Waals surface area contributed by atoms with Crippen LogP contribution in [-0.4, -0.2) is 24.8 Å². The van der Waals surface area contributed by atoms with Crippen molar-refractivity contribution < 1.29 is 14.3 Å². The minimum absolute atomic E-state index is 0.281. The van der Waals surface area contributed by atoms with Crippen molar-refractivity contribution in [2.75, 3.05) is 18.6 Å². The number of carbonyl (C=O) groups excluding carboxylic acids is 1. The van der Waals surface area contributed by atoms with Crippen molar-refractivity contribution in [2.24, 2.45) is 0 Å². The van der Waals surface area contributed by atoms with E-state index in [0.29, 0.717) is 5.56 Å². The molecule has 1 amide bonds. The number of hydrogen-bond donors (Lipinski definition) is 1. The van der Waals surface area contributed by atoms with Gasteiger partial charge in [0, 0.05) is 28.2 Å². The summed E-state index contributed by atoms with van der Waals surface area (Å²) < 4.78 is 10.6. The Morgan fingerprint density at radius 1 is 1.29 bits per heavy atom. The summed E-state index contributed by atoms with van der Waals surface area (Å²) in [7, 11) is 1.61. The Morgan fingerprint density at radius 3 is 2.89 bits per heavy atom. The number of nitrogens with zero attached hydrogens (tertiary/aromatic N) is 2. The molecule has 6 heteroatoms. The molecule has 0 fully saturated rings. The van der Waals surface area contributed by atoms with Crippen LogP contribution in [0.3, 0.4) is 0 Å². The number of rotatable bonds is 3. The van der Waals surface area contributed by atoms with Crippen molar-refractivity contribution in [3.8, 4) is 11.8 Å². The van der Waals surface area contributed by atoms with Crippen molar-refractivity contribution in [3.63, 3.8) is 0 Å². The molecule has 0 aliphatic carbocycles. The van der Waals surface area contributed by atoms with E-state index in [4.69, 9.17) is 9.47 Å². The maximum absolute atomic E-state index is 12.9. The van der Waals surface area contributed by atoms with E-state index in [0.717, 1.165) is 33.5 Å². The second-order valence-electron chi connectivity index (χ2n) is 6.41. The number of methoxy groups -OCH3 is 1. The molecule has 6 nitrogen and oxygen atoms in total. The molecular formula is C22H19N3O3. The Bertz CT molecular complexity index is 1120. The summed E-state index contributed by atoms with van der Waals surface area (Å²) in [5, 5.41) is 10.2. The third kappa shape index (κ3) is 2.87. The van der Waals surface area contributed by atoms with Crippen molar-refractivity contribution in [1.29, 1.82) is 5.26 Å². The van der Waals surface area contributed by atoms with E-state index in [1.807, 2.05) is 48.7 Å². The number of benzene rings is 2. The summed E-state index contributed by atoms with van der Waals surface area (Å²) in [5.41, 5.74) is 4.00. The molecule has 2 heterocycles. The minimum atomic E-state index is -0.422. The first-order valence-electron chi connectivity index (χ1n) is 8.99. The molecule has 1 unspecified atom stereocenters. The third-order valence-corrected chi connectivity index (χ3v) is 4.86. The van der Waals surface area contributed by atoms with E-state index in [1.165, 1.54) is 0 Å². The lowest BCUT2D eigenvalue weighted by Crippen LogP contribution is -2.36. The zero-order valence-electron chi connectivity index (χ0n) is 15.6. The second kappa shape index (κ2) is 7.12. The predicted octanol–water partition coefficient (Wildman–Crippen LogP) is 4.78. The van der Waals surface area contributed by atoms with Gasteiger partial charge in [0.1, 0.15) is 5.75 Å². The fraction of sp³-hybridized carbons (Fsp3) is 0.182. The van der Waals surface area contributed by atoms with Crippen LogP contribution in [-0.2, 0) is 4.74 Å². The van der Waals surface area contributed by atoms with Gasteiger partial charge < -0.3 is 14.5 Å². The van der Waals surface area contributed by atoms with Crippen LogP contribution in [0.25, 0.3) is 17.0 Å². The molecule has 1 aliphatic rings. The van der Waals surface area contributed by atoms with E-state index in [-0.39, 0.29) is 12.6 Å². The second-order valence-corrected chi connectivity index (χ2v) is 6.41. The summed E-state index contributed by atoms with van der Waals surface area (Å²) in [6.45, 7) is 2.07. The quantitative estimate of drug-likeness (QED) is 0.717. The van der Waals surface area contributed by atoms with Crippen LogP contribution >= 0.6 is 0 Å². The van der Waals surface area contributed by atoms with Crippen LogP contribution in [0.5, 0.6) is 5.75 Å². The van der Waals surface area contributed by atoms with Crippen molar-refractivity contribution in [1.82, 2.24) is 4.98 Å². The van der Waals surface area contributed by atoms with E-state index >= 15 is 0 Å². The van der Waals surface area contributed by atoms with Crippen LogP contribution < -0.4 is 9.64 Å². The van der Waals surface area contributed by atoms with Crippen LogP contribution in [0.15, 0.2) is 48.7 Å². The van der Waals surface area contributed by atoms with Crippen molar-refractivity contribution in [2.45, 2.75) is 13.0 Å². The highest BCUT2D eigenvalue weighted by Crippen LogP contribution is 2.40. The standard InChI is InChI=1S/C22H19N3O3/c1-3-28-22(26)25-20-9-6-16(27-2)11-15(20)5-8-21(25)18-13-24-19-7-4-14(12-23)10-17(18)19/h4-11,13,21,24H,3H2,1-2H3. The molecule has 2 aromatic carbocycles. The van der Waals surface area contributed by atoms with Gasteiger partial charge >= 0.3 is 6.09 Å². The van der Waals surface area contributed by atoms with Gasteiger partial charge in [-0.2, -0.15) is 5.26 Å². The zero-order valence-corrected chi connectivity index (χ0v) is 15.6. The number of ether oxygens (including phenoxy) is 2. The summed E-state index contributed by atoms with van der Waals surface area (Å²) in [6.07, 6.45) is 5.39. The van der Waals surface area contributed by atoms with Gasteiger partial charge in [0.2, 0.25) is 0 Å². The molecule has 140 valence electrons. The fourth-order valence-corrected chi connectivity index (χ4v) is 3.55. The average molecular weight is 373 g/mol. The molecular weight excluding hydrogens is 354 g/mol. The topological polar surface area (TPSA) is 78.3 Å².